The Hall–Kier alpha value is -1.82. The van der Waals surface area contributed by atoms with Gasteiger partial charge in [0, 0.05) is 33.4 Å². The molecule has 0 bridgehead atoms. The normalized spacial score (nSPS) is 10.2. The van der Waals surface area contributed by atoms with E-state index in [2.05, 4.69) is 16.4 Å². The Kier molecular flexibility index (Phi) is 6.81. The van der Waals surface area contributed by atoms with E-state index < -0.39 is 0 Å². The van der Waals surface area contributed by atoms with Crippen molar-refractivity contribution in [3.63, 3.8) is 0 Å². The lowest BCUT2D eigenvalue weighted by molar-refractivity contribution is 0.680. The highest BCUT2D eigenvalue weighted by atomic mass is 35.5. The molecule has 3 rings (SSSR count). The largest absolute Gasteiger partial charge is 0.328 e. The molecular formula is C16H20Cl2N4O. The van der Waals surface area contributed by atoms with Gasteiger partial charge in [0.15, 0.2) is 0 Å². The van der Waals surface area contributed by atoms with E-state index in [-0.39, 0.29) is 30.5 Å². The van der Waals surface area contributed by atoms with Crippen LogP contribution in [0.1, 0.15) is 11.3 Å². The summed E-state index contributed by atoms with van der Waals surface area (Å²) in [6.45, 7) is 1.47. The third kappa shape index (κ3) is 3.93. The van der Waals surface area contributed by atoms with E-state index in [1.54, 1.807) is 29.4 Å². The fraction of sp³-hybridized carbons (Fsp3) is 0.250. The topological polar surface area (TPSA) is 51.9 Å². The summed E-state index contributed by atoms with van der Waals surface area (Å²) in [6.07, 6.45) is 1.79. The lowest BCUT2D eigenvalue weighted by Gasteiger charge is -2.05. The van der Waals surface area contributed by atoms with Gasteiger partial charge in [-0.1, -0.05) is 12.1 Å². The van der Waals surface area contributed by atoms with Crippen molar-refractivity contribution < 1.29 is 0 Å². The Morgan fingerprint density at radius 1 is 1.00 bits per heavy atom. The molecule has 0 atom stereocenters. The van der Waals surface area contributed by atoms with Gasteiger partial charge >= 0.3 is 5.69 Å². The average Bonchev–Trinajstić information content (AvgIpc) is 2.73. The van der Waals surface area contributed by atoms with Gasteiger partial charge in [0.1, 0.15) is 0 Å². The second-order valence-electron chi connectivity index (χ2n) is 5.15. The van der Waals surface area contributed by atoms with Crippen LogP contribution < -0.4 is 11.0 Å². The highest BCUT2D eigenvalue weighted by molar-refractivity contribution is 5.85. The van der Waals surface area contributed by atoms with Gasteiger partial charge in [-0.25, -0.2) is 4.79 Å². The first-order valence-electron chi connectivity index (χ1n) is 6.92. The number of fused-ring (bicyclic) bond motifs is 1. The zero-order chi connectivity index (χ0) is 14.8. The Balaban J connectivity index is 0.00000132. The summed E-state index contributed by atoms with van der Waals surface area (Å²) in [6, 6.07) is 12.0. The van der Waals surface area contributed by atoms with E-state index in [1.807, 2.05) is 30.3 Å². The van der Waals surface area contributed by atoms with Crippen molar-refractivity contribution in [1.82, 2.24) is 19.4 Å². The van der Waals surface area contributed by atoms with Crippen LogP contribution in [-0.4, -0.2) is 14.1 Å². The maximum Gasteiger partial charge on any atom is 0.328 e. The number of halogens is 2. The van der Waals surface area contributed by atoms with Crippen LogP contribution >= 0.6 is 24.8 Å². The molecule has 23 heavy (non-hydrogen) atoms. The molecule has 124 valence electrons. The molecule has 3 aromatic rings. The van der Waals surface area contributed by atoms with Crippen molar-refractivity contribution in [1.29, 1.82) is 0 Å². The van der Waals surface area contributed by atoms with E-state index in [9.17, 15) is 4.79 Å². The first-order valence-corrected chi connectivity index (χ1v) is 6.92. The van der Waals surface area contributed by atoms with Crippen LogP contribution in [0.2, 0.25) is 0 Å². The predicted molar refractivity (Wildman–Crippen MR) is 97.4 cm³/mol. The van der Waals surface area contributed by atoms with Crippen molar-refractivity contribution in [3.05, 3.63) is 64.3 Å². The third-order valence-corrected chi connectivity index (χ3v) is 3.70. The number of pyridine rings is 1. The van der Waals surface area contributed by atoms with Crippen molar-refractivity contribution in [3.8, 4) is 0 Å². The molecular weight excluding hydrogens is 335 g/mol. The standard InChI is InChI=1S/C16H18N4O.2ClH/c1-19-14-7-6-12(9-15(14)20(2)16(19)21)10-17-11-13-5-3-4-8-18-13;;/h3-9,17H,10-11H2,1-2H3;2*1H. The molecule has 0 unspecified atom stereocenters. The zero-order valence-electron chi connectivity index (χ0n) is 13.0. The molecule has 7 heteroatoms. The van der Waals surface area contributed by atoms with Gasteiger partial charge in [-0.05, 0) is 29.8 Å². The van der Waals surface area contributed by atoms with Crippen LogP contribution in [0.5, 0.6) is 0 Å². The third-order valence-electron chi connectivity index (χ3n) is 3.70. The molecule has 0 amide bonds. The molecule has 0 saturated heterocycles. The predicted octanol–water partition coefficient (Wildman–Crippen LogP) is 2.41. The highest BCUT2D eigenvalue weighted by Crippen LogP contribution is 2.14. The maximum atomic E-state index is 11.9. The zero-order valence-corrected chi connectivity index (χ0v) is 14.7. The number of nitrogens with zero attached hydrogens (tertiary/aromatic N) is 3. The first kappa shape index (κ1) is 19.2. The molecule has 0 radical (unpaired) electrons. The van der Waals surface area contributed by atoms with Gasteiger partial charge in [0.2, 0.25) is 0 Å². The van der Waals surface area contributed by atoms with Crippen LogP contribution in [0.4, 0.5) is 0 Å². The highest BCUT2D eigenvalue weighted by Gasteiger charge is 2.07. The SMILES string of the molecule is Cl.Cl.Cn1c(=O)n(C)c2cc(CNCc3ccccn3)ccc21. The molecule has 0 aliphatic rings. The van der Waals surface area contributed by atoms with Crippen molar-refractivity contribution in [2.75, 3.05) is 0 Å². The monoisotopic (exact) mass is 354 g/mol. The Bertz CT molecular complexity index is 827. The number of rotatable bonds is 4. The molecule has 5 nitrogen and oxygen atoms in total. The molecule has 0 spiro atoms. The van der Waals surface area contributed by atoms with Crippen molar-refractivity contribution >= 4 is 35.8 Å². The average molecular weight is 355 g/mol. The smallest absolute Gasteiger partial charge is 0.307 e. The van der Waals surface area contributed by atoms with E-state index >= 15 is 0 Å². The van der Waals surface area contributed by atoms with E-state index in [4.69, 9.17) is 0 Å². The summed E-state index contributed by atoms with van der Waals surface area (Å²) in [7, 11) is 3.60. The van der Waals surface area contributed by atoms with E-state index in [0.29, 0.717) is 0 Å². The van der Waals surface area contributed by atoms with Crippen LogP contribution in [0.3, 0.4) is 0 Å². The summed E-state index contributed by atoms with van der Waals surface area (Å²) in [5, 5.41) is 3.37. The van der Waals surface area contributed by atoms with Crippen LogP contribution in [0, 0.1) is 0 Å². The van der Waals surface area contributed by atoms with Crippen molar-refractivity contribution in [2.45, 2.75) is 13.1 Å². The second kappa shape index (κ2) is 8.15. The first-order chi connectivity index (χ1) is 10.2. The van der Waals surface area contributed by atoms with Crippen molar-refractivity contribution in [2.24, 2.45) is 14.1 Å². The van der Waals surface area contributed by atoms with Gasteiger partial charge in [-0.3, -0.25) is 14.1 Å². The van der Waals surface area contributed by atoms with Crippen LogP contribution in [0.15, 0.2) is 47.4 Å². The number of aromatic nitrogens is 3. The maximum absolute atomic E-state index is 11.9. The van der Waals surface area contributed by atoms with Crippen LogP contribution in [-0.2, 0) is 27.2 Å². The van der Waals surface area contributed by atoms with Crippen LogP contribution in [0.25, 0.3) is 11.0 Å². The van der Waals surface area contributed by atoms with E-state index in [0.717, 1.165) is 35.4 Å². The van der Waals surface area contributed by atoms with Gasteiger partial charge in [-0.2, -0.15) is 0 Å². The number of benzene rings is 1. The molecule has 0 fully saturated rings. The minimum Gasteiger partial charge on any atom is -0.307 e. The molecule has 1 N–H and O–H groups in total. The number of hydrogen-bond donors (Lipinski definition) is 1. The molecule has 0 aliphatic carbocycles. The van der Waals surface area contributed by atoms with Gasteiger partial charge in [0.05, 0.1) is 16.7 Å². The second-order valence-corrected chi connectivity index (χ2v) is 5.15. The molecule has 2 heterocycles. The summed E-state index contributed by atoms with van der Waals surface area (Å²) in [4.78, 5) is 16.2. The minimum absolute atomic E-state index is 0. The summed E-state index contributed by atoms with van der Waals surface area (Å²) >= 11 is 0. The summed E-state index contributed by atoms with van der Waals surface area (Å²) in [5.74, 6) is 0. The Labute approximate surface area is 147 Å². The van der Waals surface area contributed by atoms with E-state index in [1.165, 1.54) is 0 Å². The fourth-order valence-corrected chi connectivity index (χ4v) is 2.50. The van der Waals surface area contributed by atoms with Gasteiger partial charge in [0.25, 0.3) is 0 Å². The molecule has 0 aliphatic heterocycles. The lowest BCUT2D eigenvalue weighted by Crippen LogP contribution is -2.19. The number of imidazole rings is 1. The lowest BCUT2D eigenvalue weighted by atomic mass is 10.2. The minimum atomic E-state index is 0. The fourth-order valence-electron chi connectivity index (χ4n) is 2.50. The number of nitrogens with one attached hydrogen (secondary N) is 1. The molecule has 2 aromatic heterocycles. The molecule has 1 aromatic carbocycles. The summed E-state index contributed by atoms with van der Waals surface area (Å²) < 4.78 is 3.35. The quantitative estimate of drug-likeness (QED) is 0.782. The number of aryl methyl sites for hydroxylation is 2. The molecule has 0 saturated carbocycles. The summed E-state index contributed by atoms with van der Waals surface area (Å²) in [5.41, 5.74) is 4.09. The van der Waals surface area contributed by atoms with Gasteiger partial charge in [-0.15, -0.1) is 24.8 Å². The Morgan fingerprint density at radius 2 is 1.74 bits per heavy atom. The number of hydrogen-bond acceptors (Lipinski definition) is 3. The Morgan fingerprint density at radius 3 is 2.43 bits per heavy atom. The van der Waals surface area contributed by atoms with Gasteiger partial charge < -0.3 is 5.32 Å².